The SMILES string of the molecule is Cc1ccc(C2(C)NC(=O)N(CC(=O)c3cc(C)sc3C)C2=O)cc1. The van der Waals surface area contributed by atoms with E-state index in [1.54, 1.807) is 13.0 Å². The number of hydrogen-bond donors (Lipinski definition) is 1. The molecule has 1 unspecified atom stereocenters. The van der Waals surface area contributed by atoms with Crippen LogP contribution in [-0.2, 0) is 10.3 Å². The molecule has 3 rings (SSSR count). The second-order valence-electron chi connectivity index (χ2n) is 6.56. The number of urea groups is 1. The summed E-state index contributed by atoms with van der Waals surface area (Å²) in [6.45, 7) is 7.17. The van der Waals surface area contributed by atoms with Gasteiger partial charge in [-0.2, -0.15) is 0 Å². The highest BCUT2D eigenvalue weighted by atomic mass is 32.1. The van der Waals surface area contributed by atoms with Crippen LogP contribution in [0.1, 0.15) is 38.2 Å². The summed E-state index contributed by atoms with van der Waals surface area (Å²) in [4.78, 5) is 40.7. The van der Waals surface area contributed by atoms with E-state index in [9.17, 15) is 14.4 Å². The average Bonchev–Trinajstić information content (AvgIpc) is 3.00. The third-order valence-electron chi connectivity index (χ3n) is 4.55. The van der Waals surface area contributed by atoms with Gasteiger partial charge >= 0.3 is 6.03 Å². The Bertz CT molecular complexity index is 869. The van der Waals surface area contributed by atoms with E-state index >= 15 is 0 Å². The van der Waals surface area contributed by atoms with Gasteiger partial charge in [0.2, 0.25) is 0 Å². The number of nitrogens with zero attached hydrogens (tertiary/aromatic N) is 1. The van der Waals surface area contributed by atoms with E-state index in [4.69, 9.17) is 0 Å². The largest absolute Gasteiger partial charge is 0.325 e. The Balaban J connectivity index is 1.85. The fourth-order valence-corrected chi connectivity index (χ4v) is 4.00. The van der Waals surface area contributed by atoms with Gasteiger partial charge in [-0.25, -0.2) is 4.79 Å². The molecular formula is C19H20N2O3S. The fourth-order valence-electron chi connectivity index (χ4n) is 3.06. The van der Waals surface area contributed by atoms with Crippen molar-refractivity contribution in [1.82, 2.24) is 10.2 Å². The minimum atomic E-state index is -1.15. The molecular weight excluding hydrogens is 336 g/mol. The fraction of sp³-hybridized carbons (Fsp3) is 0.316. The van der Waals surface area contributed by atoms with Crippen LogP contribution in [0.5, 0.6) is 0 Å². The van der Waals surface area contributed by atoms with Crippen molar-refractivity contribution >= 4 is 29.1 Å². The minimum absolute atomic E-state index is 0.224. The number of carbonyl (C=O) groups is 3. The maximum atomic E-state index is 12.9. The molecule has 1 saturated heterocycles. The van der Waals surface area contributed by atoms with Crippen molar-refractivity contribution in [2.45, 2.75) is 33.2 Å². The van der Waals surface area contributed by atoms with Crippen LogP contribution in [0.2, 0.25) is 0 Å². The van der Waals surface area contributed by atoms with Gasteiger partial charge in [-0.3, -0.25) is 14.5 Å². The third kappa shape index (κ3) is 2.98. The van der Waals surface area contributed by atoms with Crippen LogP contribution in [0, 0.1) is 20.8 Å². The zero-order valence-corrected chi connectivity index (χ0v) is 15.5. The Morgan fingerprint density at radius 1 is 1.16 bits per heavy atom. The highest BCUT2D eigenvalue weighted by Gasteiger charge is 2.49. The van der Waals surface area contributed by atoms with E-state index in [2.05, 4.69) is 5.32 Å². The van der Waals surface area contributed by atoms with Crippen LogP contribution in [-0.4, -0.2) is 29.2 Å². The number of benzene rings is 1. The molecule has 1 aliphatic rings. The first-order valence-corrected chi connectivity index (χ1v) is 8.85. The number of imide groups is 1. The highest BCUT2D eigenvalue weighted by Crippen LogP contribution is 2.29. The number of Topliss-reactive ketones (excluding diaryl/α,β-unsaturated/α-hetero) is 1. The summed E-state index contributed by atoms with van der Waals surface area (Å²) in [5, 5.41) is 2.73. The molecule has 130 valence electrons. The van der Waals surface area contributed by atoms with Crippen LogP contribution >= 0.6 is 11.3 Å². The number of carbonyl (C=O) groups excluding carboxylic acids is 3. The molecule has 3 amide bonds. The highest BCUT2D eigenvalue weighted by molar-refractivity contribution is 7.12. The quantitative estimate of drug-likeness (QED) is 0.675. The first-order valence-electron chi connectivity index (χ1n) is 8.04. The van der Waals surface area contributed by atoms with Crippen molar-refractivity contribution in [3.8, 4) is 0 Å². The van der Waals surface area contributed by atoms with Crippen LogP contribution in [0.3, 0.4) is 0 Å². The van der Waals surface area contributed by atoms with Crippen LogP contribution in [0.25, 0.3) is 0 Å². The summed E-state index contributed by atoms with van der Waals surface area (Å²) >= 11 is 1.53. The molecule has 1 fully saturated rings. The summed E-state index contributed by atoms with van der Waals surface area (Å²) in [5.41, 5.74) is 1.20. The summed E-state index contributed by atoms with van der Waals surface area (Å²) < 4.78 is 0. The molecule has 0 radical (unpaired) electrons. The van der Waals surface area contributed by atoms with Crippen LogP contribution < -0.4 is 5.32 Å². The van der Waals surface area contributed by atoms with Gasteiger partial charge in [0.15, 0.2) is 5.78 Å². The Labute approximate surface area is 150 Å². The lowest BCUT2D eigenvalue weighted by Crippen LogP contribution is -2.41. The first kappa shape index (κ1) is 17.4. The molecule has 6 heteroatoms. The Kier molecular flexibility index (Phi) is 4.24. The molecule has 0 aliphatic carbocycles. The van der Waals surface area contributed by atoms with Gasteiger partial charge < -0.3 is 5.32 Å². The maximum absolute atomic E-state index is 12.9. The molecule has 1 aromatic heterocycles. The number of aryl methyl sites for hydroxylation is 3. The molecule has 5 nitrogen and oxygen atoms in total. The van der Waals surface area contributed by atoms with Crippen molar-refractivity contribution in [3.05, 3.63) is 56.8 Å². The van der Waals surface area contributed by atoms with E-state index in [0.29, 0.717) is 11.1 Å². The van der Waals surface area contributed by atoms with Crippen LogP contribution in [0.15, 0.2) is 30.3 Å². The zero-order valence-electron chi connectivity index (χ0n) is 14.7. The van der Waals surface area contributed by atoms with E-state index in [1.807, 2.05) is 45.0 Å². The second-order valence-corrected chi connectivity index (χ2v) is 8.02. The predicted molar refractivity (Wildman–Crippen MR) is 96.9 cm³/mol. The van der Waals surface area contributed by atoms with Gasteiger partial charge in [0.05, 0.1) is 6.54 Å². The summed E-state index contributed by atoms with van der Waals surface area (Å²) in [5.74, 6) is -0.627. The molecule has 0 bridgehead atoms. The van der Waals surface area contributed by atoms with Gasteiger partial charge in [-0.1, -0.05) is 29.8 Å². The Morgan fingerprint density at radius 3 is 2.36 bits per heavy atom. The molecule has 0 spiro atoms. The van der Waals surface area contributed by atoms with E-state index in [0.717, 1.165) is 20.2 Å². The lowest BCUT2D eigenvalue weighted by atomic mass is 9.91. The van der Waals surface area contributed by atoms with Gasteiger partial charge in [-0.15, -0.1) is 11.3 Å². The average molecular weight is 356 g/mol. The molecule has 0 saturated carbocycles. The number of ketones is 1. The van der Waals surface area contributed by atoms with E-state index < -0.39 is 17.5 Å². The Hall–Kier alpha value is -2.47. The number of rotatable bonds is 4. The summed E-state index contributed by atoms with van der Waals surface area (Å²) in [7, 11) is 0. The molecule has 1 aliphatic heterocycles. The second kappa shape index (κ2) is 6.11. The lowest BCUT2D eigenvalue weighted by Gasteiger charge is -2.22. The monoisotopic (exact) mass is 356 g/mol. The number of thiophene rings is 1. The zero-order chi connectivity index (χ0) is 18.4. The van der Waals surface area contributed by atoms with Crippen LogP contribution in [0.4, 0.5) is 4.79 Å². The van der Waals surface area contributed by atoms with Crippen molar-refractivity contribution in [1.29, 1.82) is 0 Å². The van der Waals surface area contributed by atoms with Crippen molar-refractivity contribution in [2.24, 2.45) is 0 Å². The van der Waals surface area contributed by atoms with Gasteiger partial charge in [-0.05, 0) is 39.3 Å². The van der Waals surface area contributed by atoms with Gasteiger partial charge in [0.25, 0.3) is 5.91 Å². The standard InChI is InChI=1S/C19H20N2O3S/c1-11-5-7-14(8-6-11)19(4)17(23)21(18(24)20-19)10-16(22)15-9-12(2)25-13(15)3/h5-9H,10H2,1-4H3,(H,20,24). The third-order valence-corrected chi connectivity index (χ3v) is 5.51. The normalized spacial score (nSPS) is 20.1. The lowest BCUT2D eigenvalue weighted by molar-refractivity contribution is -0.130. The van der Waals surface area contributed by atoms with E-state index in [1.165, 1.54) is 11.3 Å². The molecule has 25 heavy (non-hydrogen) atoms. The minimum Gasteiger partial charge on any atom is -0.319 e. The number of hydrogen-bond acceptors (Lipinski definition) is 4. The molecule has 1 aromatic carbocycles. The van der Waals surface area contributed by atoms with Crippen molar-refractivity contribution < 1.29 is 14.4 Å². The predicted octanol–water partition coefficient (Wildman–Crippen LogP) is 3.32. The summed E-state index contributed by atoms with van der Waals surface area (Å²) in [6.07, 6.45) is 0. The van der Waals surface area contributed by atoms with E-state index in [-0.39, 0.29) is 12.3 Å². The summed E-state index contributed by atoms with van der Waals surface area (Å²) in [6, 6.07) is 8.71. The van der Waals surface area contributed by atoms with Gasteiger partial charge in [0, 0.05) is 15.3 Å². The molecule has 1 N–H and O–H groups in total. The van der Waals surface area contributed by atoms with Gasteiger partial charge in [0.1, 0.15) is 5.54 Å². The molecule has 1 atom stereocenters. The topological polar surface area (TPSA) is 66.5 Å². The van der Waals surface area contributed by atoms with Crippen molar-refractivity contribution in [2.75, 3.05) is 6.54 Å². The maximum Gasteiger partial charge on any atom is 0.325 e. The molecule has 2 heterocycles. The smallest absolute Gasteiger partial charge is 0.319 e. The number of amides is 3. The van der Waals surface area contributed by atoms with Crippen molar-refractivity contribution in [3.63, 3.8) is 0 Å². The Morgan fingerprint density at radius 2 is 1.80 bits per heavy atom. The first-order chi connectivity index (χ1) is 11.7. The molecule has 2 aromatic rings. The number of nitrogens with one attached hydrogen (secondary N) is 1.